The fraction of sp³-hybridized carbons (Fsp3) is 0.333. The molecule has 2 aromatic rings. The van der Waals surface area contributed by atoms with Crippen LogP contribution in [0.3, 0.4) is 0 Å². The Kier molecular flexibility index (Phi) is 5.96. The fourth-order valence-electron chi connectivity index (χ4n) is 2.46. The molecule has 0 unspecified atom stereocenters. The first-order chi connectivity index (χ1) is 13.0. The number of ether oxygens (including phenoxy) is 2. The molecule has 0 spiro atoms. The lowest BCUT2D eigenvalue weighted by Gasteiger charge is -2.12. The van der Waals surface area contributed by atoms with Gasteiger partial charge in [0.25, 0.3) is 11.8 Å². The molecule has 0 aromatic heterocycles. The van der Waals surface area contributed by atoms with E-state index in [1.165, 1.54) is 17.7 Å². The van der Waals surface area contributed by atoms with Gasteiger partial charge < -0.3 is 19.7 Å². The lowest BCUT2D eigenvalue weighted by Crippen LogP contribution is -2.23. The maximum absolute atomic E-state index is 12.1. The van der Waals surface area contributed by atoms with E-state index >= 15 is 0 Å². The highest BCUT2D eigenvalue weighted by Gasteiger charge is 2.21. The first-order valence-corrected chi connectivity index (χ1v) is 8.98. The average Bonchev–Trinajstić information content (AvgIpc) is 3.49. The van der Waals surface area contributed by atoms with E-state index in [0.29, 0.717) is 22.9 Å². The molecular weight excluding hydrogens is 344 g/mol. The van der Waals surface area contributed by atoms with Gasteiger partial charge in [0.2, 0.25) is 0 Å². The van der Waals surface area contributed by atoms with Crippen molar-refractivity contribution in [3.8, 4) is 11.5 Å². The second-order valence-corrected chi connectivity index (χ2v) is 6.84. The maximum atomic E-state index is 12.1. The third-order valence-electron chi connectivity index (χ3n) is 4.18. The molecule has 3 rings (SSSR count). The van der Waals surface area contributed by atoms with Crippen molar-refractivity contribution in [2.45, 2.75) is 12.8 Å². The Morgan fingerprint density at radius 1 is 1.04 bits per heavy atom. The number of nitrogens with zero attached hydrogens (tertiary/aromatic N) is 1. The molecule has 0 bridgehead atoms. The summed E-state index contributed by atoms with van der Waals surface area (Å²) < 4.78 is 11.2. The lowest BCUT2D eigenvalue weighted by atomic mass is 10.2. The second-order valence-electron chi connectivity index (χ2n) is 6.84. The van der Waals surface area contributed by atoms with Gasteiger partial charge in [0.1, 0.15) is 11.5 Å². The number of rotatable bonds is 8. The molecule has 0 aliphatic heterocycles. The van der Waals surface area contributed by atoms with Gasteiger partial charge in [-0.05, 0) is 61.2 Å². The Morgan fingerprint density at radius 3 is 2.33 bits per heavy atom. The minimum Gasteiger partial charge on any atom is -0.493 e. The van der Waals surface area contributed by atoms with Crippen LogP contribution in [0, 0.1) is 5.92 Å². The van der Waals surface area contributed by atoms with Crippen LogP contribution in [0.2, 0.25) is 0 Å². The van der Waals surface area contributed by atoms with E-state index in [1.807, 2.05) is 12.1 Å². The predicted molar refractivity (Wildman–Crippen MR) is 103 cm³/mol. The van der Waals surface area contributed by atoms with E-state index < -0.39 is 0 Å². The van der Waals surface area contributed by atoms with Gasteiger partial charge in [-0.3, -0.25) is 9.59 Å². The van der Waals surface area contributed by atoms with E-state index in [4.69, 9.17) is 9.47 Å². The van der Waals surface area contributed by atoms with Crippen molar-refractivity contribution >= 4 is 17.5 Å². The number of hydrogen-bond donors (Lipinski definition) is 1. The molecule has 2 aromatic carbocycles. The van der Waals surface area contributed by atoms with Gasteiger partial charge >= 0.3 is 0 Å². The summed E-state index contributed by atoms with van der Waals surface area (Å²) in [6, 6.07) is 14.1. The topological polar surface area (TPSA) is 67.9 Å². The molecular formula is C21H24N2O4. The summed E-state index contributed by atoms with van der Waals surface area (Å²) in [6.07, 6.45) is 2.50. The van der Waals surface area contributed by atoms with Crippen molar-refractivity contribution in [3.63, 3.8) is 0 Å². The molecule has 142 valence electrons. The quantitative estimate of drug-likeness (QED) is 0.777. The molecule has 0 heterocycles. The molecule has 6 nitrogen and oxygen atoms in total. The van der Waals surface area contributed by atoms with Gasteiger partial charge in [-0.2, -0.15) is 0 Å². The van der Waals surface area contributed by atoms with Gasteiger partial charge in [-0.25, -0.2) is 0 Å². The SMILES string of the molecule is CN(C)C(=O)c1cccc(NC(=O)COc2ccc(OCC3CC3)cc2)c1. The van der Waals surface area contributed by atoms with E-state index in [9.17, 15) is 9.59 Å². The summed E-state index contributed by atoms with van der Waals surface area (Å²) in [4.78, 5) is 25.6. The summed E-state index contributed by atoms with van der Waals surface area (Å²) in [5, 5.41) is 2.74. The van der Waals surface area contributed by atoms with Gasteiger partial charge in [0, 0.05) is 25.3 Å². The van der Waals surface area contributed by atoms with Crippen LogP contribution in [-0.2, 0) is 4.79 Å². The molecule has 6 heteroatoms. The van der Waals surface area contributed by atoms with E-state index in [1.54, 1.807) is 50.5 Å². The van der Waals surface area contributed by atoms with Crippen LogP contribution in [-0.4, -0.2) is 44.0 Å². The first-order valence-electron chi connectivity index (χ1n) is 8.98. The molecule has 1 fully saturated rings. The van der Waals surface area contributed by atoms with E-state index in [0.717, 1.165) is 12.4 Å². The number of anilines is 1. The van der Waals surface area contributed by atoms with Crippen molar-refractivity contribution in [2.75, 3.05) is 32.6 Å². The molecule has 2 amide bonds. The molecule has 27 heavy (non-hydrogen) atoms. The molecule has 1 aliphatic rings. The van der Waals surface area contributed by atoms with E-state index in [2.05, 4.69) is 5.32 Å². The number of nitrogens with one attached hydrogen (secondary N) is 1. The van der Waals surface area contributed by atoms with Crippen molar-refractivity contribution in [3.05, 3.63) is 54.1 Å². The minimum absolute atomic E-state index is 0.117. The summed E-state index contributed by atoms with van der Waals surface area (Å²) in [5.41, 5.74) is 1.07. The molecule has 0 saturated heterocycles. The summed E-state index contributed by atoms with van der Waals surface area (Å²) >= 11 is 0. The van der Waals surface area contributed by atoms with Gasteiger partial charge in [0.15, 0.2) is 6.61 Å². The van der Waals surface area contributed by atoms with Crippen LogP contribution in [0.4, 0.5) is 5.69 Å². The van der Waals surface area contributed by atoms with Crippen LogP contribution in [0.5, 0.6) is 11.5 Å². The zero-order valence-corrected chi connectivity index (χ0v) is 15.6. The normalized spacial score (nSPS) is 13.0. The van der Waals surface area contributed by atoms with Crippen LogP contribution in [0.15, 0.2) is 48.5 Å². The predicted octanol–water partition coefficient (Wildman–Crippen LogP) is 3.19. The highest BCUT2D eigenvalue weighted by Crippen LogP contribution is 2.29. The van der Waals surface area contributed by atoms with Gasteiger partial charge in [0.05, 0.1) is 6.61 Å². The standard InChI is InChI=1S/C21H24N2O4/c1-23(2)21(25)16-4-3-5-17(12-16)22-20(24)14-27-19-10-8-18(9-11-19)26-13-15-6-7-15/h3-5,8-12,15H,6-7,13-14H2,1-2H3,(H,22,24). The number of benzene rings is 2. The zero-order valence-electron chi connectivity index (χ0n) is 15.6. The Balaban J connectivity index is 1.47. The molecule has 0 atom stereocenters. The van der Waals surface area contributed by atoms with Crippen molar-refractivity contribution in [1.29, 1.82) is 0 Å². The largest absolute Gasteiger partial charge is 0.493 e. The lowest BCUT2D eigenvalue weighted by molar-refractivity contribution is -0.118. The fourth-order valence-corrected chi connectivity index (χ4v) is 2.46. The number of amides is 2. The monoisotopic (exact) mass is 368 g/mol. The average molecular weight is 368 g/mol. The second kappa shape index (κ2) is 8.58. The summed E-state index contributed by atoms with van der Waals surface area (Å²) in [6.45, 7) is 0.645. The van der Waals surface area contributed by atoms with Crippen LogP contribution >= 0.6 is 0 Å². The smallest absolute Gasteiger partial charge is 0.262 e. The highest BCUT2D eigenvalue weighted by atomic mass is 16.5. The number of carbonyl (C=O) groups excluding carboxylic acids is 2. The molecule has 1 aliphatic carbocycles. The van der Waals surface area contributed by atoms with Crippen LogP contribution < -0.4 is 14.8 Å². The third kappa shape index (κ3) is 5.74. The zero-order chi connectivity index (χ0) is 19.2. The Bertz CT molecular complexity index is 798. The Morgan fingerprint density at radius 2 is 1.70 bits per heavy atom. The Labute approximate surface area is 159 Å². The van der Waals surface area contributed by atoms with E-state index in [-0.39, 0.29) is 18.4 Å². The molecule has 0 radical (unpaired) electrons. The highest BCUT2D eigenvalue weighted by molar-refractivity contribution is 5.97. The van der Waals surface area contributed by atoms with Gasteiger partial charge in [-0.15, -0.1) is 0 Å². The van der Waals surface area contributed by atoms with Gasteiger partial charge in [-0.1, -0.05) is 6.07 Å². The number of hydrogen-bond acceptors (Lipinski definition) is 4. The number of carbonyl (C=O) groups is 2. The third-order valence-corrected chi connectivity index (χ3v) is 4.18. The van der Waals surface area contributed by atoms with Crippen LogP contribution in [0.1, 0.15) is 23.2 Å². The molecule has 1 saturated carbocycles. The van der Waals surface area contributed by atoms with Crippen molar-refractivity contribution in [1.82, 2.24) is 4.90 Å². The minimum atomic E-state index is -0.293. The summed E-state index contributed by atoms with van der Waals surface area (Å²) in [7, 11) is 3.37. The van der Waals surface area contributed by atoms with Crippen molar-refractivity contribution in [2.24, 2.45) is 5.92 Å². The van der Waals surface area contributed by atoms with Crippen LogP contribution in [0.25, 0.3) is 0 Å². The van der Waals surface area contributed by atoms with Crippen molar-refractivity contribution < 1.29 is 19.1 Å². The first kappa shape index (κ1) is 18.8. The Hall–Kier alpha value is -3.02. The summed E-state index contributed by atoms with van der Waals surface area (Å²) in [5.74, 6) is 1.70. The molecule has 1 N–H and O–H groups in total. The maximum Gasteiger partial charge on any atom is 0.262 e.